The Balaban J connectivity index is 2.08. The van der Waals surface area contributed by atoms with Crippen LogP contribution in [-0.2, 0) is 9.53 Å². The highest BCUT2D eigenvalue weighted by Gasteiger charge is 2.31. The quantitative estimate of drug-likeness (QED) is 0.787. The van der Waals surface area contributed by atoms with E-state index in [2.05, 4.69) is 5.32 Å². The van der Waals surface area contributed by atoms with E-state index in [4.69, 9.17) is 9.84 Å². The van der Waals surface area contributed by atoms with Crippen molar-refractivity contribution in [1.29, 1.82) is 0 Å². The maximum Gasteiger partial charge on any atom is 0.323 e. The molecule has 0 amide bonds. The number of hydrogen-bond acceptors (Lipinski definition) is 3. The van der Waals surface area contributed by atoms with E-state index in [0.717, 1.165) is 5.56 Å². The number of carbonyl (C=O) groups is 1. The van der Waals surface area contributed by atoms with Crippen molar-refractivity contribution in [2.45, 2.75) is 25.1 Å². The van der Waals surface area contributed by atoms with Crippen LogP contribution in [0.2, 0.25) is 0 Å². The Hall–Kier alpha value is -1.39. The number of hydrogen-bond donors (Lipinski definition) is 2. The van der Waals surface area contributed by atoms with Crippen LogP contribution in [-0.4, -0.2) is 29.8 Å². The van der Waals surface area contributed by atoms with Gasteiger partial charge >= 0.3 is 5.97 Å². The van der Waals surface area contributed by atoms with Gasteiger partial charge in [-0.3, -0.25) is 10.1 Å². The molecule has 1 aromatic rings. The Morgan fingerprint density at radius 1 is 1.44 bits per heavy atom. The van der Waals surface area contributed by atoms with Crippen molar-refractivity contribution < 1.29 is 14.6 Å². The molecule has 1 aliphatic heterocycles. The molecule has 0 spiro atoms. The molecule has 1 aromatic carbocycles. The van der Waals surface area contributed by atoms with E-state index in [1.807, 2.05) is 37.3 Å². The minimum Gasteiger partial charge on any atom is -0.480 e. The van der Waals surface area contributed by atoms with Crippen LogP contribution < -0.4 is 5.32 Å². The SMILES string of the molecule is CC1NC(C(=O)O)COC1c1ccccc1. The fourth-order valence-electron chi connectivity index (χ4n) is 1.97. The molecule has 86 valence electrons. The predicted molar refractivity (Wildman–Crippen MR) is 59.2 cm³/mol. The summed E-state index contributed by atoms with van der Waals surface area (Å²) < 4.78 is 5.61. The van der Waals surface area contributed by atoms with E-state index in [9.17, 15) is 4.79 Å². The number of carboxylic acid groups (broad SMARTS) is 1. The molecule has 1 aliphatic rings. The summed E-state index contributed by atoms with van der Waals surface area (Å²) in [6.07, 6.45) is -0.0724. The zero-order valence-corrected chi connectivity index (χ0v) is 9.09. The Kier molecular flexibility index (Phi) is 3.22. The Morgan fingerprint density at radius 3 is 2.69 bits per heavy atom. The van der Waals surface area contributed by atoms with Crippen molar-refractivity contribution in [3.8, 4) is 0 Å². The monoisotopic (exact) mass is 221 g/mol. The summed E-state index contributed by atoms with van der Waals surface area (Å²) in [5.74, 6) is -0.863. The number of rotatable bonds is 2. The second-order valence-corrected chi connectivity index (χ2v) is 4.01. The molecule has 4 heteroatoms. The van der Waals surface area contributed by atoms with Gasteiger partial charge in [-0.25, -0.2) is 0 Å². The molecule has 2 N–H and O–H groups in total. The van der Waals surface area contributed by atoms with Crippen LogP contribution in [0.15, 0.2) is 30.3 Å². The molecule has 1 heterocycles. The maximum absolute atomic E-state index is 10.8. The largest absolute Gasteiger partial charge is 0.480 e. The van der Waals surface area contributed by atoms with Crippen molar-refractivity contribution in [3.63, 3.8) is 0 Å². The minimum atomic E-state index is -0.863. The molecule has 0 aromatic heterocycles. The molecular weight excluding hydrogens is 206 g/mol. The van der Waals surface area contributed by atoms with E-state index in [1.54, 1.807) is 0 Å². The summed E-state index contributed by atoms with van der Waals surface area (Å²) in [6, 6.07) is 9.23. The van der Waals surface area contributed by atoms with Gasteiger partial charge in [-0.1, -0.05) is 30.3 Å². The van der Waals surface area contributed by atoms with Gasteiger partial charge in [0.05, 0.1) is 12.7 Å². The van der Waals surface area contributed by atoms with Gasteiger partial charge in [-0.05, 0) is 12.5 Å². The average molecular weight is 221 g/mol. The Morgan fingerprint density at radius 2 is 2.12 bits per heavy atom. The van der Waals surface area contributed by atoms with E-state index in [0.29, 0.717) is 0 Å². The number of morpholine rings is 1. The van der Waals surface area contributed by atoms with Gasteiger partial charge in [0.25, 0.3) is 0 Å². The van der Waals surface area contributed by atoms with E-state index in [-0.39, 0.29) is 18.8 Å². The second kappa shape index (κ2) is 4.63. The Bertz CT molecular complexity index is 366. The lowest BCUT2D eigenvalue weighted by Crippen LogP contribution is -2.52. The number of aliphatic carboxylic acids is 1. The van der Waals surface area contributed by atoms with Gasteiger partial charge in [0, 0.05) is 6.04 Å². The summed E-state index contributed by atoms with van der Waals surface area (Å²) in [5, 5.41) is 11.9. The van der Waals surface area contributed by atoms with Crippen LogP contribution >= 0.6 is 0 Å². The van der Waals surface area contributed by atoms with Gasteiger partial charge in [0.1, 0.15) is 6.04 Å². The molecule has 4 nitrogen and oxygen atoms in total. The van der Waals surface area contributed by atoms with E-state index >= 15 is 0 Å². The Labute approximate surface area is 94.2 Å². The maximum atomic E-state index is 10.8. The molecule has 2 rings (SSSR count). The first-order valence-corrected chi connectivity index (χ1v) is 5.34. The standard InChI is InChI=1S/C12H15NO3/c1-8-11(9-5-3-2-4-6-9)16-7-10(13-8)12(14)15/h2-6,8,10-11,13H,7H2,1H3,(H,14,15). The van der Waals surface area contributed by atoms with Crippen molar-refractivity contribution in [2.75, 3.05) is 6.61 Å². The van der Waals surface area contributed by atoms with Crippen LogP contribution in [0.25, 0.3) is 0 Å². The molecular formula is C12H15NO3. The van der Waals surface area contributed by atoms with Gasteiger partial charge in [0.15, 0.2) is 0 Å². The summed E-state index contributed by atoms with van der Waals surface area (Å²) in [5.41, 5.74) is 1.08. The van der Waals surface area contributed by atoms with Gasteiger partial charge in [-0.2, -0.15) is 0 Å². The van der Waals surface area contributed by atoms with Crippen molar-refractivity contribution in [3.05, 3.63) is 35.9 Å². The first-order chi connectivity index (χ1) is 7.68. The molecule has 0 saturated carbocycles. The zero-order chi connectivity index (χ0) is 11.5. The zero-order valence-electron chi connectivity index (χ0n) is 9.09. The third-order valence-corrected chi connectivity index (χ3v) is 2.79. The minimum absolute atomic E-state index is 0.00255. The van der Waals surface area contributed by atoms with Crippen LogP contribution in [0.1, 0.15) is 18.6 Å². The molecule has 16 heavy (non-hydrogen) atoms. The van der Waals surface area contributed by atoms with Crippen molar-refractivity contribution in [1.82, 2.24) is 5.32 Å². The number of ether oxygens (including phenoxy) is 1. The lowest BCUT2D eigenvalue weighted by molar-refractivity contribution is -0.145. The number of carboxylic acids is 1. The highest BCUT2D eigenvalue weighted by Crippen LogP contribution is 2.24. The highest BCUT2D eigenvalue weighted by molar-refractivity contribution is 5.73. The molecule has 1 fully saturated rings. The molecule has 1 saturated heterocycles. The summed E-state index contributed by atoms with van der Waals surface area (Å²) in [7, 11) is 0. The predicted octanol–water partition coefficient (Wildman–Crippen LogP) is 1.19. The number of benzene rings is 1. The highest BCUT2D eigenvalue weighted by atomic mass is 16.5. The van der Waals surface area contributed by atoms with Gasteiger partial charge < -0.3 is 9.84 Å². The fourth-order valence-corrected chi connectivity index (χ4v) is 1.97. The molecule has 3 atom stereocenters. The van der Waals surface area contributed by atoms with Gasteiger partial charge in [-0.15, -0.1) is 0 Å². The van der Waals surface area contributed by atoms with Gasteiger partial charge in [0.2, 0.25) is 0 Å². The second-order valence-electron chi connectivity index (χ2n) is 4.01. The van der Waals surface area contributed by atoms with Crippen molar-refractivity contribution >= 4 is 5.97 Å². The third kappa shape index (κ3) is 2.23. The fraction of sp³-hybridized carbons (Fsp3) is 0.417. The van der Waals surface area contributed by atoms with Crippen LogP contribution in [0.3, 0.4) is 0 Å². The summed E-state index contributed by atoms with van der Waals surface area (Å²) in [4.78, 5) is 10.8. The molecule has 0 bridgehead atoms. The third-order valence-electron chi connectivity index (χ3n) is 2.79. The topological polar surface area (TPSA) is 58.6 Å². The van der Waals surface area contributed by atoms with Crippen LogP contribution in [0, 0.1) is 0 Å². The summed E-state index contributed by atoms with van der Waals surface area (Å²) >= 11 is 0. The first-order valence-electron chi connectivity index (χ1n) is 5.34. The normalized spacial score (nSPS) is 29.9. The number of nitrogens with one attached hydrogen (secondary N) is 1. The molecule has 0 radical (unpaired) electrons. The molecule has 0 aliphatic carbocycles. The lowest BCUT2D eigenvalue weighted by atomic mass is 10.0. The smallest absolute Gasteiger partial charge is 0.323 e. The average Bonchev–Trinajstić information content (AvgIpc) is 2.30. The summed E-state index contributed by atoms with van der Waals surface area (Å²) in [6.45, 7) is 2.14. The van der Waals surface area contributed by atoms with Crippen LogP contribution in [0.5, 0.6) is 0 Å². The lowest BCUT2D eigenvalue weighted by Gasteiger charge is -2.34. The van der Waals surface area contributed by atoms with E-state index < -0.39 is 12.0 Å². The van der Waals surface area contributed by atoms with Crippen LogP contribution in [0.4, 0.5) is 0 Å². The van der Waals surface area contributed by atoms with E-state index in [1.165, 1.54) is 0 Å². The molecule has 3 unspecified atom stereocenters. The first kappa shape index (κ1) is 11.1. The van der Waals surface area contributed by atoms with Crippen molar-refractivity contribution in [2.24, 2.45) is 0 Å².